The van der Waals surface area contributed by atoms with Crippen LogP contribution in [0.2, 0.25) is 0 Å². The van der Waals surface area contributed by atoms with E-state index in [4.69, 9.17) is 14.2 Å². The largest absolute Gasteiger partial charge is 0.462 e. The Morgan fingerprint density at radius 1 is 0.309 bits per heavy atom. The number of ether oxygens (including phenoxy) is 3. The van der Waals surface area contributed by atoms with Crippen molar-refractivity contribution in [3.8, 4) is 0 Å². The quantitative estimate of drug-likeness (QED) is 0.0262. The van der Waals surface area contributed by atoms with Crippen molar-refractivity contribution in [2.75, 3.05) is 13.2 Å². The normalized spacial score (nSPS) is 12.6. The minimum atomic E-state index is -0.777. The molecule has 0 aliphatic heterocycles. The zero-order valence-electron chi connectivity index (χ0n) is 44.9. The van der Waals surface area contributed by atoms with E-state index in [9.17, 15) is 14.4 Å². The van der Waals surface area contributed by atoms with Crippen LogP contribution in [0.25, 0.3) is 0 Å². The van der Waals surface area contributed by atoms with Gasteiger partial charge in [0.15, 0.2) is 6.10 Å². The van der Waals surface area contributed by atoms with Crippen LogP contribution < -0.4 is 0 Å². The van der Waals surface area contributed by atoms with Gasteiger partial charge >= 0.3 is 17.9 Å². The summed E-state index contributed by atoms with van der Waals surface area (Å²) in [5.41, 5.74) is 0. The van der Waals surface area contributed by atoms with Crippen LogP contribution in [0.1, 0.15) is 284 Å². The topological polar surface area (TPSA) is 78.9 Å². The van der Waals surface area contributed by atoms with Gasteiger partial charge in [-0.2, -0.15) is 0 Å². The highest BCUT2D eigenvalue weighted by Crippen LogP contribution is 2.16. The van der Waals surface area contributed by atoms with E-state index in [2.05, 4.69) is 93.7 Å². The van der Waals surface area contributed by atoms with Crippen molar-refractivity contribution in [3.05, 3.63) is 72.9 Å². The maximum absolute atomic E-state index is 12.8. The van der Waals surface area contributed by atoms with Gasteiger partial charge in [-0.25, -0.2) is 0 Å². The average Bonchev–Trinajstić information content (AvgIpc) is 3.34. The summed E-state index contributed by atoms with van der Waals surface area (Å²) in [6.45, 7) is 6.44. The molecule has 68 heavy (non-hydrogen) atoms. The minimum Gasteiger partial charge on any atom is -0.462 e. The van der Waals surface area contributed by atoms with Gasteiger partial charge in [-0.15, -0.1) is 0 Å². The van der Waals surface area contributed by atoms with Gasteiger partial charge in [0.1, 0.15) is 13.2 Å². The van der Waals surface area contributed by atoms with Gasteiger partial charge in [0.25, 0.3) is 0 Å². The van der Waals surface area contributed by atoms with Gasteiger partial charge in [0.2, 0.25) is 0 Å². The standard InChI is InChI=1S/C62H108O6/c1-4-7-10-13-16-19-21-23-24-25-26-27-28-29-30-31-32-33-34-35-36-37-38-40-41-43-46-49-52-55-61(64)67-58-59(57-66-60(63)54-51-48-45-18-15-12-9-6-3)68-62(65)56-53-50-47-44-42-39-22-20-17-14-11-8-5-2/h7,10-11,14,16,19-20,22-24,26-27,59H,4-6,8-9,12-13,15,17-18,21,25,28-58H2,1-3H3/b10-7-,14-11-,19-16-,22-20-,24-23-,27-26-. The fraction of sp³-hybridized carbons (Fsp3) is 0.758. The van der Waals surface area contributed by atoms with Crippen molar-refractivity contribution >= 4 is 17.9 Å². The number of carbonyl (C=O) groups is 3. The lowest BCUT2D eigenvalue weighted by Crippen LogP contribution is -2.30. The van der Waals surface area contributed by atoms with Crippen molar-refractivity contribution in [3.63, 3.8) is 0 Å². The highest BCUT2D eigenvalue weighted by molar-refractivity contribution is 5.71. The third-order valence-corrected chi connectivity index (χ3v) is 12.4. The van der Waals surface area contributed by atoms with Gasteiger partial charge < -0.3 is 14.2 Å². The van der Waals surface area contributed by atoms with Crippen LogP contribution in [-0.2, 0) is 28.6 Å². The van der Waals surface area contributed by atoms with Crippen molar-refractivity contribution in [1.82, 2.24) is 0 Å². The number of hydrogen-bond donors (Lipinski definition) is 0. The minimum absolute atomic E-state index is 0.0780. The monoisotopic (exact) mass is 949 g/mol. The lowest BCUT2D eigenvalue weighted by Gasteiger charge is -2.18. The predicted octanol–water partition coefficient (Wildman–Crippen LogP) is 19.4. The molecule has 0 heterocycles. The highest BCUT2D eigenvalue weighted by Gasteiger charge is 2.19. The van der Waals surface area contributed by atoms with E-state index in [1.165, 1.54) is 128 Å². The second-order valence-electron chi connectivity index (χ2n) is 19.2. The average molecular weight is 950 g/mol. The summed E-state index contributed by atoms with van der Waals surface area (Å²) in [7, 11) is 0. The maximum atomic E-state index is 12.8. The first-order valence-electron chi connectivity index (χ1n) is 28.9. The number of hydrogen-bond acceptors (Lipinski definition) is 6. The van der Waals surface area contributed by atoms with Gasteiger partial charge in [0, 0.05) is 19.3 Å². The first-order chi connectivity index (χ1) is 33.5. The summed E-state index contributed by atoms with van der Waals surface area (Å²) in [6.07, 6.45) is 72.1. The van der Waals surface area contributed by atoms with Crippen molar-refractivity contribution in [1.29, 1.82) is 0 Å². The molecule has 392 valence electrons. The van der Waals surface area contributed by atoms with E-state index in [1.54, 1.807) is 0 Å². The van der Waals surface area contributed by atoms with Crippen LogP contribution in [-0.4, -0.2) is 37.2 Å². The molecule has 0 radical (unpaired) electrons. The molecule has 0 fully saturated rings. The Morgan fingerprint density at radius 3 is 0.956 bits per heavy atom. The number of carbonyl (C=O) groups excluding carboxylic acids is 3. The van der Waals surface area contributed by atoms with Crippen LogP contribution in [0.4, 0.5) is 0 Å². The lowest BCUT2D eigenvalue weighted by atomic mass is 10.0. The molecule has 6 heteroatoms. The van der Waals surface area contributed by atoms with Crippen molar-refractivity contribution in [2.24, 2.45) is 0 Å². The fourth-order valence-corrected chi connectivity index (χ4v) is 8.12. The SMILES string of the molecule is CC/C=C\C/C=C\C/C=C\C/C=C\CCCCCCCCCCCCCCCCCCC(=O)OCC(COC(=O)CCCCCCCCCC)OC(=O)CCCCCCC/C=C\C/C=C\CCC. The summed E-state index contributed by atoms with van der Waals surface area (Å²) >= 11 is 0. The predicted molar refractivity (Wildman–Crippen MR) is 293 cm³/mol. The molecule has 0 bridgehead atoms. The Labute approximate surface area is 421 Å². The second kappa shape index (κ2) is 56.4. The molecule has 0 aromatic heterocycles. The third-order valence-electron chi connectivity index (χ3n) is 12.4. The van der Waals surface area contributed by atoms with E-state index >= 15 is 0 Å². The Balaban J connectivity index is 4.08. The van der Waals surface area contributed by atoms with Crippen molar-refractivity contribution in [2.45, 2.75) is 290 Å². The summed E-state index contributed by atoms with van der Waals surface area (Å²) in [4.78, 5) is 37.9. The molecule has 0 saturated carbocycles. The fourth-order valence-electron chi connectivity index (χ4n) is 8.12. The molecule has 0 aromatic rings. The zero-order valence-corrected chi connectivity index (χ0v) is 44.9. The summed E-state index contributed by atoms with van der Waals surface area (Å²) in [5, 5.41) is 0. The molecule has 0 spiro atoms. The van der Waals surface area contributed by atoms with Gasteiger partial charge in [-0.05, 0) is 83.5 Å². The third kappa shape index (κ3) is 53.8. The smallest absolute Gasteiger partial charge is 0.306 e. The van der Waals surface area contributed by atoms with E-state index in [1.807, 2.05) is 0 Å². The van der Waals surface area contributed by atoms with Crippen molar-refractivity contribution < 1.29 is 28.6 Å². The Morgan fingerprint density at radius 2 is 0.603 bits per heavy atom. The molecule has 0 amide bonds. The number of unbranched alkanes of at least 4 members (excludes halogenated alkanes) is 29. The molecule has 0 saturated heterocycles. The Hall–Kier alpha value is -3.15. The summed E-state index contributed by atoms with van der Waals surface area (Å²) in [6, 6.07) is 0. The van der Waals surface area contributed by atoms with Gasteiger partial charge in [0.05, 0.1) is 0 Å². The van der Waals surface area contributed by atoms with E-state index in [-0.39, 0.29) is 31.1 Å². The Bertz CT molecular complexity index is 1270. The summed E-state index contributed by atoms with van der Waals surface area (Å²) in [5.74, 6) is -0.889. The number of rotatable bonds is 52. The molecule has 0 aliphatic rings. The van der Waals surface area contributed by atoms with E-state index < -0.39 is 6.10 Å². The van der Waals surface area contributed by atoms with E-state index in [0.29, 0.717) is 19.3 Å². The first kappa shape index (κ1) is 64.8. The molecular formula is C62H108O6. The van der Waals surface area contributed by atoms with Gasteiger partial charge in [-0.1, -0.05) is 254 Å². The highest BCUT2D eigenvalue weighted by atomic mass is 16.6. The molecule has 0 aromatic carbocycles. The summed E-state index contributed by atoms with van der Waals surface area (Å²) < 4.78 is 16.8. The molecule has 0 N–H and O–H groups in total. The van der Waals surface area contributed by atoms with Crippen LogP contribution >= 0.6 is 0 Å². The lowest BCUT2D eigenvalue weighted by molar-refractivity contribution is -0.167. The first-order valence-corrected chi connectivity index (χ1v) is 28.9. The zero-order chi connectivity index (χ0) is 49.3. The molecule has 0 aliphatic carbocycles. The van der Waals surface area contributed by atoms with E-state index in [0.717, 1.165) is 116 Å². The molecule has 6 nitrogen and oxygen atoms in total. The van der Waals surface area contributed by atoms with Crippen LogP contribution in [0, 0.1) is 0 Å². The molecule has 1 unspecified atom stereocenters. The van der Waals surface area contributed by atoms with Crippen LogP contribution in [0.5, 0.6) is 0 Å². The Kier molecular flexibility index (Phi) is 53.8. The maximum Gasteiger partial charge on any atom is 0.306 e. The molecule has 1 atom stereocenters. The number of esters is 3. The van der Waals surface area contributed by atoms with Gasteiger partial charge in [-0.3, -0.25) is 14.4 Å². The van der Waals surface area contributed by atoms with Crippen LogP contribution in [0.3, 0.4) is 0 Å². The molecule has 0 rings (SSSR count). The molecular weight excluding hydrogens is 841 g/mol. The van der Waals surface area contributed by atoms with Crippen LogP contribution in [0.15, 0.2) is 72.9 Å². The second-order valence-corrected chi connectivity index (χ2v) is 19.2. The number of allylic oxidation sites excluding steroid dienone is 12.